The molecule has 0 aliphatic carbocycles. The molecule has 6 nitrogen and oxygen atoms in total. The van der Waals surface area contributed by atoms with E-state index in [1.165, 1.54) is 0 Å². The first-order valence-corrected chi connectivity index (χ1v) is 8.65. The number of aromatic nitrogens is 3. The average Bonchev–Trinajstić information content (AvgIpc) is 2.68. The van der Waals surface area contributed by atoms with Crippen molar-refractivity contribution >= 4 is 17.5 Å². The first-order chi connectivity index (χ1) is 12.7. The van der Waals surface area contributed by atoms with Crippen LogP contribution >= 0.6 is 0 Å². The van der Waals surface area contributed by atoms with Gasteiger partial charge in [0, 0.05) is 41.8 Å². The Morgan fingerprint density at radius 1 is 1.08 bits per heavy atom. The van der Waals surface area contributed by atoms with Crippen molar-refractivity contribution in [3.8, 4) is 17.0 Å². The predicted molar refractivity (Wildman–Crippen MR) is 105 cm³/mol. The number of pyridine rings is 1. The maximum atomic E-state index is 5.28. The van der Waals surface area contributed by atoms with Gasteiger partial charge in [0.2, 0.25) is 5.95 Å². The molecule has 1 aromatic carbocycles. The Labute approximate surface area is 153 Å². The lowest BCUT2D eigenvalue weighted by molar-refractivity contribution is 0.415. The molecule has 2 aromatic heterocycles. The van der Waals surface area contributed by atoms with Gasteiger partial charge in [-0.1, -0.05) is 13.0 Å². The van der Waals surface area contributed by atoms with Gasteiger partial charge in [0.15, 0.2) is 0 Å². The Kier molecular flexibility index (Phi) is 5.63. The van der Waals surface area contributed by atoms with E-state index in [-0.39, 0.29) is 6.04 Å². The SMILES string of the molecule is CC[C@H](C)Nc1nc(Nc2cccc(OC)c2)cc(-c2ccncc2)n1. The molecule has 0 aliphatic rings. The predicted octanol–water partition coefficient (Wildman–Crippen LogP) is 4.50. The number of nitrogens with zero attached hydrogens (tertiary/aromatic N) is 3. The van der Waals surface area contributed by atoms with Crippen molar-refractivity contribution in [1.29, 1.82) is 0 Å². The molecular weight excluding hydrogens is 326 g/mol. The summed E-state index contributed by atoms with van der Waals surface area (Å²) in [7, 11) is 1.65. The second-order valence-corrected chi connectivity index (χ2v) is 6.01. The molecule has 0 unspecified atom stereocenters. The third kappa shape index (κ3) is 4.47. The van der Waals surface area contributed by atoms with Crippen LogP contribution in [0.15, 0.2) is 54.9 Å². The van der Waals surface area contributed by atoms with Gasteiger partial charge in [-0.3, -0.25) is 4.98 Å². The van der Waals surface area contributed by atoms with E-state index in [4.69, 9.17) is 4.74 Å². The van der Waals surface area contributed by atoms with Crippen molar-refractivity contribution in [1.82, 2.24) is 15.0 Å². The highest BCUT2D eigenvalue weighted by atomic mass is 16.5. The standard InChI is InChI=1S/C20H23N5O/c1-4-14(2)22-20-24-18(15-8-10-21-11-9-15)13-19(25-20)23-16-6-5-7-17(12-16)26-3/h5-14H,4H2,1-3H3,(H2,22,23,24,25)/t14-/m0/s1. The molecule has 1 atom stereocenters. The van der Waals surface area contributed by atoms with Crippen molar-refractivity contribution in [2.24, 2.45) is 0 Å². The van der Waals surface area contributed by atoms with E-state index in [0.717, 1.165) is 29.1 Å². The fourth-order valence-corrected chi connectivity index (χ4v) is 2.42. The first-order valence-electron chi connectivity index (χ1n) is 8.65. The largest absolute Gasteiger partial charge is 0.497 e. The third-order valence-corrected chi connectivity index (χ3v) is 4.03. The highest BCUT2D eigenvalue weighted by Gasteiger charge is 2.09. The van der Waals surface area contributed by atoms with Crippen LogP contribution in [0.3, 0.4) is 0 Å². The molecule has 0 saturated heterocycles. The lowest BCUT2D eigenvalue weighted by Crippen LogP contribution is -2.16. The van der Waals surface area contributed by atoms with E-state index in [1.54, 1.807) is 19.5 Å². The van der Waals surface area contributed by atoms with Gasteiger partial charge in [0.25, 0.3) is 0 Å². The number of hydrogen-bond acceptors (Lipinski definition) is 6. The lowest BCUT2D eigenvalue weighted by Gasteiger charge is -2.15. The summed E-state index contributed by atoms with van der Waals surface area (Å²) < 4.78 is 5.28. The second kappa shape index (κ2) is 8.29. The van der Waals surface area contributed by atoms with Gasteiger partial charge in [0.1, 0.15) is 11.6 Å². The molecule has 26 heavy (non-hydrogen) atoms. The Balaban J connectivity index is 1.96. The molecule has 2 heterocycles. The summed E-state index contributed by atoms with van der Waals surface area (Å²) >= 11 is 0. The van der Waals surface area contributed by atoms with Crippen LogP contribution in [0, 0.1) is 0 Å². The van der Waals surface area contributed by atoms with Crippen molar-refractivity contribution in [2.45, 2.75) is 26.3 Å². The molecular formula is C20H23N5O. The molecule has 0 bridgehead atoms. The number of rotatable bonds is 7. The summed E-state index contributed by atoms with van der Waals surface area (Å²) in [6, 6.07) is 13.8. The molecule has 3 aromatic rings. The van der Waals surface area contributed by atoms with Gasteiger partial charge < -0.3 is 15.4 Å². The summed E-state index contributed by atoms with van der Waals surface area (Å²) in [6.07, 6.45) is 4.50. The Morgan fingerprint density at radius 3 is 2.62 bits per heavy atom. The average molecular weight is 349 g/mol. The Hall–Kier alpha value is -3.15. The second-order valence-electron chi connectivity index (χ2n) is 6.01. The number of ether oxygens (including phenoxy) is 1. The summed E-state index contributed by atoms with van der Waals surface area (Å²) in [6.45, 7) is 4.23. The number of methoxy groups -OCH3 is 1. The van der Waals surface area contributed by atoms with Gasteiger partial charge in [-0.05, 0) is 37.6 Å². The normalized spacial score (nSPS) is 11.7. The lowest BCUT2D eigenvalue weighted by atomic mass is 10.2. The van der Waals surface area contributed by atoms with Crippen molar-refractivity contribution in [3.05, 3.63) is 54.9 Å². The maximum Gasteiger partial charge on any atom is 0.225 e. The molecule has 134 valence electrons. The highest BCUT2D eigenvalue weighted by Crippen LogP contribution is 2.25. The van der Waals surface area contributed by atoms with Crippen LogP contribution in [-0.4, -0.2) is 28.1 Å². The Bertz CT molecular complexity index is 854. The van der Waals surface area contributed by atoms with Gasteiger partial charge >= 0.3 is 0 Å². The summed E-state index contributed by atoms with van der Waals surface area (Å²) in [4.78, 5) is 13.3. The van der Waals surface area contributed by atoms with Gasteiger partial charge in [-0.15, -0.1) is 0 Å². The van der Waals surface area contributed by atoms with Crippen LogP contribution in [0.25, 0.3) is 11.3 Å². The van der Waals surface area contributed by atoms with Crippen LogP contribution in [-0.2, 0) is 0 Å². The zero-order valence-corrected chi connectivity index (χ0v) is 15.2. The maximum absolute atomic E-state index is 5.28. The Morgan fingerprint density at radius 2 is 1.88 bits per heavy atom. The summed E-state index contributed by atoms with van der Waals surface area (Å²) in [5.41, 5.74) is 2.72. The monoisotopic (exact) mass is 349 g/mol. The van der Waals surface area contributed by atoms with Crippen LogP contribution in [0.4, 0.5) is 17.5 Å². The fourth-order valence-electron chi connectivity index (χ4n) is 2.42. The molecule has 0 saturated carbocycles. The topological polar surface area (TPSA) is 72.0 Å². The molecule has 3 rings (SSSR count). The molecule has 2 N–H and O–H groups in total. The van der Waals surface area contributed by atoms with Gasteiger partial charge in [-0.2, -0.15) is 4.98 Å². The molecule has 0 spiro atoms. The van der Waals surface area contributed by atoms with Gasteiger partial charge in [-0.25, -0.2) is 4.98 Å². The van der Waals surface area contributed by atoms with E-state index >= 15 is 0 Å². The minimum atomic E-state index is 0.285. The fraction of sp³-hybridized carbons (Fsp3) is 0.250. The van der Waals surface area contributed by atoms with E-state index in [1.807, 2.05) is 42.5 Å². The zero-order valence-electron chi connectivity index (χ0n) is 15.2. The van der Waals surface area contributed by atoms with E-state index in [9.17, 15) is 0 Å². The molecule has 0 amide bonds. The number of hydrogen-bond donors (Lipinski definition) is 2. The van der Waals surface area contributed by atoms with E-state index < -0.39 is 0 Å². The number of anilines is 3. The molecule has 0 radical (unpaired) electrons. The zero-order chi connectivity index (χ0) is 18.4. The van der Waals surface area contributed by atoms with E-state index in [0.29, 0.717) is 11.8 Å². The quantitative estimate of drug-likeness (QED) is 0.654. The van der Waals surface area contributed by atoms with Crippen molar-refractivity contribution in [3.63, 3.8) is 0 Å². The summed E-state index contributed by atoms with van der Waals surface area (Å²) in [5.74, 6) is 2.10. The van der Waals surface area contributed by atoms with E-state index in [2.05, 4.69) is 39.4 Å². The molecule has 0 aliphatic heterocycles. The first kappa shape index (κ1) is 17.7. The minimum Gasteiger partial charge on any atom is -0.497 e. The van der Waals surface area contributed by atoms with Crippen molar-refractivity contribution in [2.75, 3.05) is 17.7 Å². The van der Waals surface area contributed by atoms with Crippen LogP contribution < -0.4 is 15.4 Å². The number of benzene rings is 1. The van der Waals surface area contributed by atoms with Gasteiger partial charge in [0.05, 0.1) is 12.8 Å². The van der Waals surface area contributed by atoms with Crippen LogP contribution in [0.2, 0.25) is 0 Å². The minimum absolute atomic E-state index is 0.285. The summed E-state index contributed by atoms with van der Waals surface area (Å²) in [5, 5.41) is 6.68. The highest BCUT2D eigenvalue weighted by molar-refractivity contribution is 5.67. The molecule has 0 fully saturated rings. The molecule has 6 heteroatoms. The van der Waals surface area contributed by atoms with Crippen molar-refractivity contribution < 1.29 is 4.74 Å². The van der Waals surface area contributed by atoms with Crippen LogP contribution in [0.1, 0.15) is 20.3 Å². The smallest absolute Gasteiger partial charge is 0.225 e. The van der Waals surface area contributed by atoms with Crippen LogP contribution in [0.5, 0.6) is 5.75 Å². The number of nitrogens with one attached hydrogen (secondary N) is 2. The third-order valence-electron chi connectivity index (χ3n) is 4.03.